The maximum Gasteiger partial charge on any atom is 0.270 e. The number of rotatable bonds is 13. The Morgan fingerprint density at radius 3 is 1.40 bits per heavy atom. The molecule has 0 saturated heterocycles. The summed E-state index contributed by atoms with van der Waals surface area (Å²) in [5.41, 5.74) is 13.0. The average molecular weight is 836 g/mol. The molecule has 0 radical (unpaired) electrons. The number of nitro groups is 1. The van der Waals surface area contributed by atoms with E-state index in [1.807, 2.05) is 72.4 Å². The SMILES string of the molecule is CC(C)S(=O)(=O)CC[C@H](C)c1ccc(-n2ccc3cc(N)ccc32)cc1.CC(C)S(=O)(=O)CC[C@H](C)c1ccc(-n2ccc3cc([N+](=O)[O-])ccc32)cc1.[Zn]. The zero-order valence-corrected chi connectivity index (χ0v) is 37.0. The first-order valence-corrected chi connectivity index (χ1v) is 21.7. The second kappa shape index (κ2) is 18.1. The molecule has 6 aromatic rings. The van der Waals surface area contributed by atoms with Gasteiger partial charge in [0, 0.05) is 71.8 Å². The molecule has 2 heterocycles. The molecule has 0 saturated carbocycles. The Bertz CT molecular complexity index is 2460. The van der Waals surface area contributed by atoms with Gasteiger partial charge in [-0.15, -0.1) is 0 Å². The van der Waals surface area contributed by atoms with Gasteiger partial charge in [-0.2, -0.15) is 0 Å². The topological polar surface area (TPSA) is 147 Å². The Morgan fingerprint density at radius 2 is 1.00 bits per heavy atom. The van der Waals surface area contributed by atoms with Crippen molar-refractivity contribution in [3.63, 3.8) is 0 Å². The third-order valence-electron chi connectivity index (χ3n) is 10.2. The average Bonchev–Trinajstić information content (AvgIpc) is 3.77. The minimum atomic E-state index is -3.03. The molecular weight excluding hydrogens is 786 g/mol. The van der Waals surface area contributed by atoms with Crippen molar-refractivity contribution in [2.75, 3.05) is 17.2 Å². The fourth-order valence-electron chi connectivity index (χ4n) is 6.27. The van der Waals surface area contributed by atoms with Crippen LogP contribution < -0.4 is 5.73 Å². The molecule has 2 aromatic heterocycles. The second-order valence-electron chi connectivity index (χ2n) is 14.6. The summed E-state index contributed by atoms with van der Waals surface area (Å²) in [7, 11) is -6.02. The van der Waals surface area contributed by atoms with Crippen LogP contribution in [0.3, 0.4) is 0 Å². The molecule has 2 N–H and O–H groups in total. The summed E-state index contributed by atoms with van der Waals surface area (Å²) in [5.74, 6) is 0.775. The number of anilines is 1. The van der Waals surface area contributed by atoms with E-state index < -0.39 is 24.6 Å². The number of non-ortho nitro benzene ring substituents is 1. The Hall–Kier alpha value is -4.32. The number of benzene rings is 4. The molecule has 55 heavy (non-hydrogen) atoms. The molecule has 0 aliphatic rings. The van der Waals surface area contributed by atoms with Crippen LogP contribution >= 0.6 is 0 Å². The van der Waals surface area contributed by atoms with Gasteiger partial charge in [0.1, 0.15) is 0 Å². The summed E-state index contributed by atoms with van der Waals surface area (Å²) in [6.07, 6.45) is 5.17. The minimum absolute atomic E-state index is 0. The van der Waals surface area contributed by atoms with E-state index in [9.17, 15) is 26.9 Å². The van der Waals surface area contributed by atoms with Gasteiger partial charge in [-0.05, 0) is 124 Å². The van der Waals surface area contributed by atoms with Crippen LogP contribution in [0.15, 0.2) is 109 Å². The Kier molecular flexibility index (Phi) is 14.3. The van der Waals surface area contributed by atoms with Crippen molar-refractivity contribution in [3.05, 3.63) is 131 Å². The number of nitrogens with zero attached hydrogens (tertiary/aromatic N) is 3. The predicted octanol–water partition coefficient (Wildman–Crippen LogP) is 9.38. The summed E-state index contributed by atoms with van der Waals surface area (Å²) in [6.45, 7) is 11.0. The molecule has 0 aliphatic heterocycles. The summed E-state index contributed by atoms with van der Waals surface area (Å²) < 4.78 is 52.2. The monoisotopic (exact) mass is 834 g/mol. The third kappa shape index (κ3) is 10.5. The van der Waals surface area contributed by atoms with Crippen molar-refractivity contribution in [1.82, 2.24) is 9.13 Å². The van der Waals surface area contributed by atoms with Crippen LogP contribution in [0, 0.1) is 10.1 Å². The van der Waals surface area contributed by atoms with E-state index in [1.54, 1.807) is 39.8 Å². The molecule has 0 amide bonds. The fraction of sp³-hybridized carbons (Fsp3) is 0.333. The van der Waals surface area contributed by atoms with E-state index in [4.69, 9.17) is 5.73 Å². The van der Waals surface area contributed by atoms with Gasteiger partial charge in [-0.1, -0.05) is 38.1 Å². The second-order valence-corrected chi connectivity index (χ2v) is 19.9. The van der Waals surface area contributed by atoms with Gasteiger partial charge >= 0.3 is 0 Å². The summed E-state index contributed by atoms with van der Waals surface area (Å²) in [6, 6.07) is 31.0. The zero-order chi connectivity index (χ0) is 39.4. The van der Waals surface area contributed by atoms with Crippen LogP contribution in [0.25, 0.3) is 33.2 Å². The van der Waals surface area contributed by atoms with E-state index in [1.165, 1.54) is 6.07 Å². The van der Waals surface area contributed by atoms with Crippen molar-refractivity contribution in [3.8, 4) is 11.4 Å². The van der Waals surface area contributed by atoms with Crippen molar-refractivity contribution in [2.45, 2.75) is 76.7 Å². The van der Waals surface area contributed by atoms with Gasteiger partial charge < -0.3 is 14.9 Å². The fourth-order valence-corrected chi connectivity index (χ4v) is 8.58. The first kappa shape index (κ1) is 43.4. The smallest absolute Gasteiger partial charge is 0.270 e. The Morgan fingerprint density at radius 1 is 0.600 bits per heavy atom. The number of hydrogen-bond donors (Lipinski definition) is 1. The van der Waals surface area contributed by atoms with Crippen molar-refractivity contribution in [1.29, 1.82) is 0 Å². The number of sulfone groups is 2. The van der Waals surface area contributed by atoms with Crippen molar-refractivity contribution in [2.24, 2.45) is 0 Å². The van der Waals surface area contributed by atoms with Crippen LogP contribution in [-0.2, 0) is 39.2 Å². The predicted molar refractivity (Wildman–Crippen MR) is 222 cm³/mol. The van der Waals surface area contributed by atoms with E-state index in [2.05, 4.69) is 41.8 Å². The Balaban J connectivity index is 0.000000241. The number of nitrogens with two attached hydrogens (primary N) is 1. The van der Waals surface area contributed by atoms with E-state index in [-0.39, 0.29) is 59.0 Å². The van der Waals surface area contributed by atoms with Gasteiger partial charge in [0.2, 0.25) is 0 Å². The largest absolute Gasteiger partial charge is 0.399 e. The zero-order valence-electron chi connectivity index (χ0n) is 32.4. The molecule has 0 unspecified atom stereocenters. The maximum atomic E-state index is 12.0. The quantitative estimate of drug-likeness (QED) is 0.0528. The molecule has 0 aliphatic carbocycles. The standard InChI is InChI=1S/C21H24N2O4S.C21H26N2O2S.Zn/c1-15(2)28(26,27)13-11-16(3)17-4-6-19(7-5-17)22-12-10-18-14-20(23(24)25)8-9-21(18)22;1-15(2)26(24,25)13-11-16(3)17-4-7-20(8-5-17)23-12-10-18-14-19(22)6-9-21(18)23;/h4-10,12,14-16H,11,13H2,1-3H3;4-10,12,14-16H,11,13,22H2,1-3H3;/t2*16-;/m00./s1. The molecule has 6 rings (SSSR count). The van der Waals surface area contributed by atoms with Gasteiger partial charge in [-0.25, -0.2) is 16.8 Å². The molecule has 0 spiro atoms. The molecule has 4 aromatic carbocycles. The van der Waals surface area contributed by atoms with E-state index >= 15 is 0 Å². The first-order chi connectivity index (χ1) is 25.5. The van der Waals surface area contributed by atoms with Crippen LogP contribution in [0.2, 0.25) is 0 Å². The molecule has 288 valence electrons. The summed E-state index contributed by atoms with van der Waals surface area (Å²) >= 11 is 0. The van der Waals surface area contributed by atoms with Gasteiger partial charge in [0.25, 0.3) is 5.69 Å². The van der Waals surface area contributed by atoms with E-state index in [0.29, 0.717) is 12.8 Å². The normalized spacial score (nSPS) is 13.0. The number of hydrogen-bond acceptors (Lipinski definition) is 7. The van der Waals surface area contributed by atoms with Crippen LogP contribution in [0.1, 0.15) is 77.3 Å². The number of aromatic nitrogens is 2. The van der Waals surface area contributed by atoms with Gasteiger partial charge in [-0.3, -0.25) is 10.1 Å². The third-order valence-corrected chi connectivity index (χ3v) is 14.7. The van der Waals surface area contributed by atoms with E-state index in [0.717, 1.165) is 50.0 Å². The number of nitro benzene ring substituents is 1. The molecule has 2 atom stereocenters. The van der Waals surface area contributed by atoms with Crippen LogP contribution in [0.4, 0.5) is 11.4 Å². The van der Waals surface area contributed by atoms with Crippen LogP contribution in [-0.4, -0.2) is 52.9 Å². The summed E-state index contributed by atoms with van der Waals surface area (Å²) in [4.78, 5) is 10.5. The molecule has 10 nitrogen and oxygen atoms in total. The number of nitrogen functional groups attached to an aromatic ring is 1. The minimum Gasteiger partial charge on any atom is -0.399 e. The summed E-state index contributed by atoms with van der Waals surface area (Å²) in [5, 5.41) is 12.2. The number of fused-ring (bicyclic) bond motifs is 2. The molecule has 0 fully saturated rings. The van der Waals surface area contributed by atoms with Crippen molar-refractivity contribution < 1.29 is 41.2 Å². The molecular formula is C42H50N4O6S2Zn. The molecule has 0 bridgehead atoms. The first-order valence-electron chi connectivity index (χ1n) is 18.2. The van der Waals surface area contributed by atoms with Crippen LogP contribution in [0.5, 0.6) is 0 Å². The maximum absolute atomic E-state index is 12.0. The van der Waals surface area contributed by atoms with Gasteiger partial charge in [0.05, 0.1) is 38.0 Å². The van der Waals surface area contributed by atoms with Crippen molar-refractivity contribution >= 4 is 52.9 Å². The molecule has 13 heteroatoms. The van der Waals surface area contributed by atoms with Gasteiger partial charge in [0.15, 0.2) is 19.7 Å². The Labute approximate surface area is 337 Å².